The molecule has 2 rings (SSSR count). The highest BCUT2D eigenvalue weighted by atomic mass is 79.9. The number of pyridine rings is 1. The van der Waals surface area contributed by atoms with Gasteiger partial charge in [-0.3, -0.25) is 4.98 Å². The highest BCUT2D eigenvalue weighted by Gasteiger charge is 2.10. The number of benzene rings is 1. The Morgan fingerprint density at radius 1 is 1.41 bits per heavy atom. The van der Waals surface area contributed by atoms with Crippen LogP contribution in [-0.2, 0) is 10.7 Å². The second kappa shape index (κ2) is 5.14. The van der Waals surface area contributed by atoms with Crippen molar-refractivity contribution in [2.75, 3.05) is 5.75 Å². The predicted molar refractivity (Wildman–Crippen MR) is 73.0 cm³/mol. The summed E-state index contributed by atoms with van der Waals surface area (Å²) in [6, 6.07) is 7.78. The third-order valence-electron chi connectivity index (χ3n) is 2.67. The van der Waals surface area contributed by atoms with Crippen LogP contribution >= 0.6 is 15.9 Å². The van der Waals surface area contributed by atoms with Gasteiger partial charge in [0.05, 0.1) is 11.3 Å². The van der Waals surface area contributed by atoms with Gasteiger partial charge in [-0.2, -0.15) is 0 Å². The minimum absolute atomic E-state index is 0.00276. The van der Waals surface area contributed by atoms with Gasteiger partial charge in [0.15, 0.2) is 0 Å². The van der Waals surface area contributed by atoms with Gasteiger partial charge in [0, 0.05) is 16.1 Å². The van der Waals surface area contributed by atoms with E-state index in [9.17, 15) is 8.42 Å². The lowest BCUT2D eigenvalue weighted by atomic mass is 10.0. The third-order valence-corrected chi connectivity index (χ3v) is 4.12. The Labute approximate surface area is 110 Å². The van der Waals surface area contributed by atoms with Gasteiger partial charge in [0.2, 0.25) is 0 Å². The summed E-state index contributed by atoms with van der Waals surface area (Å²) in [5.74, 6) is 0.171. The quantitative estimate of drug-likeness (QED) is 0.886. The Kier molecular flexibility index (Phi) is 3.79. The molecule has 0 fully saturated rings. The maximum absolute atomic E-state index is 10.7. The Hall–Kier alpha value is -0.940. The van der Waals surface area contributed by atoms with Gasteiger partial charge < -0.3 is 0 Å². The molecule has 1 heterocycles. The molecular weight excluding hydrogens is 302 g/mol. The third kappa shape index (κ3) is 2.84. The van der Waals surface area contributed by atoms with Crippen LogP contribution in [-0.4, -0.2) is 19.2 Å². The molecule has 3 nitrogen and oxygen atoms in total. The molecule has 0 amide bonds. The van der Waals surface area contributed by atoms with E-state index in [1.165, 1.54) is 0 Å². The largest absolute Gasteiger partial charge is 0.255 e. The number of aromatic nitrogens is 1. The van der Waals surface area contributed by atoms with Crippen molar-refractivity contribution in [3.63, 3.8) is 0 Å². The lowest BCUT2D eigenvalue weighted by molar-refractivity contribution is 0.609. The molecule has 0 aliphatic heterocycles. The lowest BCUT2D eigenvalue weighted by Gasteiger charge is -2.10. The van der Waals surface area contributed by atoms with E-state index in [1.807, 2.05) is 31.2 Å². The number of fused-ring (bicyclic) bond motifs is 1. The van der Waals surface area contributed by atoms with E-state index < -0.39 is 10.7 Å². The maximum atomic E-state index is 10.7. The van der Waals surface area contributed by atoms with Crippen molar-refractivity contribution in [3.05, 3.63) is 40.5 Å². The van der Waals surface area contributed by atoms with Crippen LogP contribution in [0.4, 0.5) is 0 Å². The summed E-state index contributed by atoms with van der Waals surface area (Å²) < 4.78 is 22.4. The molecule has 1 atom stereocenters. The van der Waals surface area contributed by atoms with Crippen molar-refractivity contribution in [1.82, 2.24) is 4.98 Å². The SMILES string of the molecule is CC(C[SH](=O)=O)c1cc(Br)c2ncccc2c1. The molecule has 0 radical (unpaired) electrons. The molecule has 17 heavy (non-hydrogen) atoms. The summed E-state index contributed by atoms with van der Waals surface area (Å²) in [7, 11) is -2.35. The second-order valence-electron chi connectivity index (χ2n) is 3.99. The summed E-state index contributed by atoms with van der Waals surface area (Å²) in [4.78, 5) is 4.28. The summed E-state index contributed by atoms with van der Waals surface area (Å²) in [5.41, 5.74) is 1.91. The minimum Gasteiger partial charge on any atom is -0.255 e. The van der Waals surface area contributed by atoms with Crippen molar-refractivity contribution < 1.29 is 8.42 Å². The minimum atomic E-state index is -2.35. The van der Waals surface area contributed by atoms with Gasteiger partial charge in [-0.1, -0.05) is 13.0 Å². The number of hydrogen-bond donors (Lipinski definition) is 1. The first-order valence-electron chi connectivity index (χ1n) is 5.24. The molecular formula is C12H12BrNO2S. The standard InChI is InChI=1S/C12H12BrNO2S/c1-8(7-17(15)16)10-5-9-3-2-4-14-12(9)11(13)6-10/h2-6,8,17H,7H2,1H3. The van der Waals surface area contributed by atoms with E-state index in [1.54, 1.807) is 6.20 Å². The summed E-state index contributed by atoms with van der Waals surface area (Å²) >= 11 is 3.47. The summed E-state index contributed by atoms with van der Waals surface area (Å²) in [5, 5.41) is 1.02. The molecule has 0 aliphatic carbocycles. The normalized spacial score (nSPS) is 13.1. The molecule has 90 valence electrons. The van der Waals surface area contributed by atoms with Crippen molar-refractivity contribution in [2.24, 2.45) is 0 Å². The van der Waals surface area contributed by atoms with Crippen molar-refractivity contribution in [1.29, 1.82) is 0 Å². The average Bonchev–Trinajstić information content (AvgIpc) is 2.28. The number of halogens is 1. The molecule has 0 spiro atoms. The smallest absolute Gasteiger partial charge is 0.140 e. The van der Waals surface area contributed by atoms with E-state index in [0.29, 0.717) is 0 Å². The zero-order valence-electron chi connectivity index (χ0n) is 9.26. The Morgan fingerprint density at radius 3 is 2.88 bits per heavy atom. The van der Waals surface area contributed by atoms with E-state index in [0.717, 1.165) is 20.9 Å². The predicted octanol–water partition coefficient (Wildman–Crippen LogP) is 2.71. The van der Waals surface area contributed by atoms with E-state index in [-0.39, 0.29) is 11.7 Å². The van der Waals surface area contributed by atoms with Crippen LogP contribution in [0.5, 0.6) is 0 Å². The molecule has 1 aromatic heterocycles. The van der Waals surface area contributed by atoms with Crippen LogP contribution in [0.15, 0.2) is 34.9 Å². The molecule has 0 N–H and O–H groups in total. The van der Waals surface area contributed by atoms with Gasteiger partial charge in [0.25, 0.3) is 0 Å². The van der Waals surface area contributed by atoms with Crippen LogP contribution in [0.25, 0.3) is 10.9 Å². The van der Waals surface area contributed by atoms with Crippen molar-refractivity contribution >= 4 is 37.5 Å². The van der Waals surface area contributed by atoms with Gasteiger partial charge >= 0.3 is 0 Å². The lowest BCUT2D eigenvalue weighted by Crippen LogP contribution is -2.01. The number of hydrogen-bond acceptors (Lipinski definition) is 3. The Bertz CT molecular complexity index is 617. The molecule has 0 saturated heterocycles. The Morgan fingerprint density at radius 2 is 2.18 bits per heavy atom. The molecule has 2 aromatic rings. The van der Waals surface area contributed by atoms with E-state index >= 15 is 0 Å². The fourth-order valence-electron chi connectivity index (χ4n) is 1.78. The van der Waals surface area contributed by atoms with Crippen molar-refractivity contribution in [2.45, 2.75) is 12.8 Å². The zero-order valence-corrected chi connectivity index (χ0v) is 11.7. The van der Waals surface area contributed by atoms with Crippen LogP contribution in [0, 0.1) is 0 Å². The van der Waals surface area contributed by atoms with Gasteiger partial charge in [-0.05, 0) is 45.6 Å². The fraction of sp³-hybridized carbons (Fsp3) is 0.250. The molecule has 1 unspecified atom stereocenters. The van der Waals surface area contributed by atoms with Crippen LogP contribution in [0.2, 0.25) is 0 Å². The van der Waals surface area contributed by atoms with Crippen LogP contribution in [0.1, 0.15) is 18.4 Å². The first-order chi connectivity index (χ1) is 8.08. The molecule has 0 bridgehead atoms. The summed E-state index contributed by atoms with van der Waals surface area (Å²) in [6.45, 7) is 1.91. The number of thiol groups is 1. The topological polar surface area (TPSA) is 47.0 Å². The monoisotopic (exact) mass is 313 g/mol. The number of nitrogens with zero attached hydrogens (tertiary/aromatic N) is 1. The van der Waals surface area contributed by atoms with E-state index in [4.69, 9.17) is 0 Å². The second-order valence-corrected chi connectivity index (χ2v) is 5.88. The zero-order chi connectivity index (χ0) is 12.4. The van der Waals surface area contributed by atoms with Crippen molar-refractivity contribution in [3.8, 4) is 0 Å². The highest BCUT2D eigenvalue weighted by Crippen LogP contribution is 2.27. The molecule has 5 heteroatoms. The molecule has 0 saturated carbocycles. The van der Waals surface area contributed by atoms with Gasteiger partial charge in [-0.25, -0.2) is 8.42 Å². The van der Waals surface area contributed by atoms with Crippen LogP contribution in [0.3, 0.4) is 0 Å². The number of rotatable bonds is 3. The van der Waals surface area contributed by atoms with Gasteiger partial charge in [-0.15, -0.1) is 0 Å². The maximum Gasteiger partial charge on any atom is 0.140 e. The first kappa shape index (κ1) is 12.5. The average molecular weight is 314 g/mol. The summed E-state index contributed by atoms with van der Waals surface area (Å²) in [6.07, 6.45) is 1.74. The highest BCUT2D eigenvalue weighted by molar-refractivity contribution is 9.10. The first-order valence-corrected chi connectivity index (χ1v) is 7.39. The fourth-order valence-corrected chi connectivity index (χ4v) is 3.04. The van der Waals surface area contributed by atoms with Crippen LogP contribution < -0.4 is 0 Å². The molecule has 1 aromatic carbocycles. The van der Waals surface area contributed by atoms with Gasteiger partial charge in [0.1, 0.15) is 10.7 Å². The van der Waals surface area contributed by atoms with E-state index in [2.05, 4.69) is 20.9 Å². The molecule has 0 aliphatic rings. The Balaban J connectivity index is 2.49.